The van der Waals surface area contributed by atoms with Crippen LogP contribution in [-0.2, 0) is 4.84 Å². The average molecular weight is 291 g/mol. The van der Waals surface area contributed by atoms with E-state index in [1.807, 2.05) is 0 Å². The van der Waals surface area contributed by atoms with Gasteiger partial charge in [-0.25, -0.2) is 4.79 Å². The van der Waals surface area contributed by atoms with E-state index in [1.165, 1.54) is 12.1 Å². The third-order valence-corrected chi connectivity index (χ3v) is 1.23. The van der Waals surface area contributed by atoms with Crippen molar-refractivity contribution >= 4 is 5.97 Å². The molecule has 7 nitrogen and oxygen atoms in total. The van der Waals surface area contributed by atoms with Crippen molar-refractivity contribution in [3.05, 3.63) is 29.8 Å². The molecule has 0 fully saturated rings. The first-order valence-electron chi connectivity index (χ1n) is 6.01. The standard InChI is InChI=1S/C7H7NO3.3C2H6O/c8-11-7(10)5-3-1-2-4-6(5)9;3*1-2-3/h1-4,9H,8H2;3*3H,2H2,1H3. The quantitative estimate of drug-likeness (QED) is 0.473. The van der Waals surface area contributed by atoms with Crippen LogP contribution in [0.4, 0.5) is 0 Å². The molecule has 6 N–H and O–H groups in total. The van der Waals surface area contributed by atoms with Gasteiger partial charge in [0.05, 0.1) is 0 Å². The molecular formula is C13H25NO6. The fraction of sp³-hybridized carbons (Fsp3) is 0.462. The summed E-state index contributed by atoms with van der Waals surface area (Å²) in [4.78, 5) is 14.6. The largest absolute Gasteiger partial charge is 0.507 e. The zero-order chi connectivity index (χ0) is 16.4. The number of aliphatic hydroxyl groups excluding tert-OH is 3. The van der Waals surface area contributed by atoms with E-state index < -0.39 is 5.97 Å². The Morgan fingerprint density at radius 1 is 1.05 bits per heavy atom. The van der Waals surface area contributed by atoms with E-state index in [1.54, 1.807) is 32.9 Å². The number of phenols is 1. The topological polar surface area (TPSA) is 133 Å². The molecule has 0 saturated carbocycles. The molecular weight excluding hydrogens is 266 g/mol. The van der Waals surface area contributed by atoms with Gasteiger partial charge in [0.25, 0.3) is 0 Å². The predicted molar refractivity (Wildman–Crippen MR) is 76.0 cm³/mol. The third kappa shape index (κ3) is 16.3. The molecule has 0 bridgehead atoms. The van der Waals surface area contributed by atoms with Crippen LogP contribution in [0.5, 0.6) is 5.75 Å². The molecule has 7 heteroatoms. The fourth-order valence-electron chi connectivity index (χ4n) is 0.710. The maximum atomic E-state index is 10.7. The van der Waals surface area contributed by atoms with E-state index in [0.717, 1.165) is 0 Å². The van der Waals surface area contributed by atoms with Crippen molar-refractivity contribution in [3.8, 4) is 5.75 Å². The predicted octanol–water partition coefficient (Wildman–Crippen LogP) is 0.418. The normalized spacial score (nSPS) is 7.75. The Morgan fingerprint density at radius 3 is 1.70 bits per heavy atom. The molecule has 0 atom stereocenters. The lowest BCUT2D eigenvalue weighted by molar-refractivity contribution is 0.0500. The molecule has 118 valence electrons. The molecule has 1 rings (SSSR count). The number of rotatable bonds is 1. The van der Waals surface area contributed by atoms with Gasteiger partial charge in [-0.2, -0.15) is 5.90 Å². The number of hydrogen-bond donors (Lipinski definition) is 5. The molecule has 0 aliphatic heterocycles. The van der Waals surface area contributed by atoms with Crippen LogP contribution in [-0.4, -0.2) is 46.2 Å². The second kappa shape index (κ2) is 19.7. The van der Waals surface area contributed by atoms with Gasteiger partial charge in [-0.3, -0.25) is 0 Å². The number of hydrogen-bond acceptors (Lipinski definition) is 7. The third-order valence-electron chi connectivity index (χ3n) is 1.23. The van der Waals surface area contributed by atoms with Crippen molar-refractivity contribution in [1.82, 2.24) is 0 Å². The van der Waals surface area contributed by atoms with Crippen molar-refractivity contribution in [2.75, 3.05) is 19.8 Å². The summed E-state index contributed by atoms with van der Waals surface area (Å²) >= 11 is 0. The summed E-state index contributed by atoms with van der Waals surface area (Å²) in [7, 11) is 0. The summed E-state index contributed by atoms with van der Waals surface area (Å²) in [6.45, 7) is 5.79. The summed E-state index contributed by atoms with van der Waals surface area (Å²) in [6.07, 6.45) is 0. The Morgan fingerprint density at radius 2 is 1.40 bits per heavy atom. The average Bonchev–Trinajstić information content (AvgIpc) is 2.41. The highest BCUT2D eigenvalue weighted by molar-refractivity contribution is 5.91. The Kier molecular flexibility index (Phi) is 23.0. The lowest BCUT2D eigenvalue weighted by Gasteiger charge is -1.98. The minimum absolute atomic E-state index is 0.0648. The summed E-state index contributed by atoms with van der Waals surface area (Å²) in [5.74, 6) is 3.73. The summed E-state index contributed by atoms with van der Waals surface area (Å²) in [6, 6.07) is 6.01. The highest BCUT2D eigenvalue weighted by Gasteiger charge is 2.09. The number of carbonyl (C=O) groups is 1. The van der Waals surface area contributed by atoms with Gasteiger partial charge in [0.1, 0.15) is 11.3 Å². The smallest absolute Gasteiger partial charge is 0.360 e. The molecule has 0 aliphatic carbocycles. The second-order valence-electron chi connectivity index (χ2n) is 2.87. The number of nitrogens with two attached hydrogens (primary N) is 1. The minimum atomic E-state index is -0.747. The number of carbonyl (C=O) groups excluding carboxylic acids is 1. The monoisotopic (exact) mass is 291 g/mol. The SMILES string of the molecule is CCO.CCO.CCO.NOC(=O)c1ccccc1O. The van der Waals surface area contributed by atoms with Gasteiger partial charge >= 0.3 is 5.97 Å². The van der Waals surface area contributed by atoms with Crippen LogP contribution in [0.1, 0.15) is 31.1 Å². The van der Waals surface area contributed by atoms with E-state index in [2.05, 4.69) is 10.7 Å². The van der Waals surface area contributed by atoms with Gasteiger partial charge in [-0.15, -0.1) is 0 Å². The van der Waals surface area contributed by atoms with Crippen LogP contribution in [0.3, 0.4) is 0 Å². The Bertz CT molecular complexity index is 315. The van der Waals surface area contributed by atoms with Crippen LogP contribution in [0, 0.1) is 0 Å². The Hall–Kier alpha value is -1.67. The second-order valence-corrected chi connectivity index (χ2v) is 2.87. The number of aliphatic hydroxyl groups is 3. The van der Waals surface area contributed by atoms with E-state index in [4.69, 9.17) is 20.4 Å². The summed E-state index contributed by atoms with van der Waals surface area (Å²) < 4.78 is 0. The van der Waals surface area contributed by atoms with Gasteiger partial charge < -0.3 is 25.3 Å². The molecule has 1 aromatic rings. The van der Waals surface area contributed by atoms with Crippen LogP contribution < -0.4 is 5.90 Å². The molecule has 0 spiro atoms. The van der Waals surface area contributed by atoms with E-state index >= 15 is 0 Å². The van der Waals surface area contributed by atoms with E-state index in [0.29, 0.717) is 0 Å². The Labute approximate surface area is 119 Å². The van der Waals surface area contributed by atoms with E-state index in [9.17, 15) is 4.79 Å². The van der Waals surface area contributed by atoms with Crippen molar-refractivity contribution in [1.29, 1.82) is 0 Å². The van der Waals surface area contributed by atoms with Crippen molar-refractivity contribution < 1.29 is 30.1 Å². The maximum Gasteiger partial charge on any atom is 0.360 e. The lowest BCUT2D eigenvalue weighted by atomic mass is 10.2. The lowest BCUT2D eigenvalue weighted by Crippen LogP contribution is -2.09. The molecule has 0 unspecified atom stereocenters. The molecule has 0 radical (unpaired) electrons. The van der Waals surface area contributed by atoms with Crippen LogP contribution in [0.25, 0.3) is 0 Å². The van der Waals surface area contributed by atoms with Gasteiger partial charge in [0.2, 0.25) is 0 Å². The first-order valence-corrected chi connectivity index (χ1v) is 6.01. The van der Waals surface area contributed by atoms with Crippen molar-refractivity contribution in [3.63, 3.8) is 0 Å². The zero-order valence-electron chi connectivity index (χ0n) is 12.1. The summed E-state index contributed by atoms with van der Waals surface area (Å²) in [5.41, 5.74) is 0.0648. The number of benzene rings is 1. The molecule has 0 heterocycles. The van der Waals surface area contributed by atoms with E-state index in [-0.39, 0.29) is 31.1 Å². The highest BCUT2D eigenvalue weighted by Crippen LogP contribution is 2.15. The number of phenolic OH excluding ortho intramolecular Hbond substituents is 1. The first-order chi connectivity index (χ1) is 9.50. The maximum absolute atomic E-state index is 10.7. The van der Waals surface area contributed by atoms with Gasteiger partial charge in [0, 0.05) is 19.8 Å². The van der Waals surface area contributed by atoms with Gasteiger partial charge in [-0.05, 0) is 32.9 Å². The minimum Gasteiger partial charge on any atom is -0.507 e. The molecule has 20 heavy (non-hydrogen) atoms. The molecule has 0 saturated heterocycles. The number of aromatic hydroxyl groups is 1. The molecule has 0 amide bonds. The molecule has 1 aromatic carbocycles. The molecule has 0 aliphatic rings. The highest BCUT2D eigenvalue weighted by atomic mass is 16.7. The Balaban J connectivity index is -0.000000268. The molecule has 0 aromatic heterocycles. The van der Waals surface area contributed by atoms with Gasteiger partial charge in [0.15, 0.2) is 0 Å². The van der Waals surface area contributed by atoms with Gasteiger partial charge in [-0.1, -0.05) is 12.1 Å². The summed E-state index contributed by atoms with van der Waals surface area (Å²) in [5, 5.41) is 31.8. The van der Waals surface area contributed by atoms with Crippen LogP contribution in [0.2, 0.25) is 0 Å². The van der Waals surface area contributed by atoms with Crippen LogP contribution in [0.15, 0.2) is 24.3 Å². The number of para-hydroxylation sites is 1. The van der Waals surface area contributed by atoms with Crippen molar-refractivity contribution in [2.45, 2.75) is 20.8 Å². The van der Waals surface area contributed by atoms with Crippen molar-refractivity contribution in [2.24, 2.45) is 5.90 Å². The van der Waals surface area contributed by atoms with Crippen LogP contribution >= 0.6 is 0 Å². The zero-order valence-corrected chi connectivity index (χ0v) is 12.1. The first kappa shape index (κ1) is 23.4. The fourth-order valence-corrected chi connectivity index (χ4v) is 0.710.